The molecule has 0 saturated heterocycles. The van der Waals surface area contributed by atoms with Gasteiger partial charge < -0.3 is 0 Å². The van der Waals surface area contributed by atoms with Gasteiger partial charge in [-0.3, -0.25) is 9.78 Å². The number of hydrogen-bond donors (Lipinski definition) is 0. The number of aromatic nitrogens is 2. The van der Waals surface area contributed by atoms with E-state index in [1.165, 1.54) is 11.3 Å². The first kappa shape index (κ1) is 20.2. The second-order valence-electron chi connectivity index (χ2n) is 6.05. The highest BCUT2D eigenvalue weighted by atomic mass is 35.5. The van der Waals surface area contributed by atoms with Crippen LogP contribution in [-0.2, 0) is 17.4 Å². The summed E-state index contributed by atoms with van der Waals surface area (Å²) in [6.07, 6.45) is -2.90. The lowest BCUT2D eigenvalue weighted by Crippen LogP contribution is -2.14. The molecular weight excluding hydrogens is 411 g/mol. The normalized spacial score (nSPS) is 12.7. The molecule has 3 rings (SSSR count). The van der Waals surface area contributed by atoms with Crippen LogP contribution in [0, 0.1) is 11.3 Å². The van der Waals surface area contributed by atoms with E-state index in [2.05, 4.69) is 9.97 Å². The predicted octanol–water partition coefficient (Wildman–Crippen LogP) is 5.56. The van der Waals surface area contributed by atoms with Gasteiger partial charge in [0.15, 0.2) is 5.78 Å². The summed E-state index contributed by atoms with van der Waals surface area (Å²) in [4.78, 5) is 20.5. The first-order valence-corrected chi connectivity index (χ1v) is 9.48. The van der Waals surface area contributed by atoms with E-state index in [1.54, 1.807) is 6.07 Å². The number of aryl methyl sites for hydroxylation is 1. The molecule has 28 heavy (non-hydrogen) atoms. The van der Waals surface area contributed by atoms with Crippen LogP contribution in [0.3, 0.4) is 0 Å². The highest BCUT2D eigenvalue weighted by molar-refractivity contribution is 7.18. The average Bonchev–Trinajstić information content (AvgIpc) is 3.05. The zero-order valence-electron chi connectivity index (χ0n) is 14.3. The topological polar surface area (TPSA) is 66.6 Å². The molecule has 0 saturated carbocycles. The van der Waals surface area contributed by atoms with Crippen molar-refractivity contribution in [2.75, 3.05) is 0 Å². The summed E-state index contributed by atoms with van der Waals surface area (Å²) in [5.41, 5.74) is -0.284. The van der Waals surface area contributed by atoms with E-state index in [1.807, 2.05) is 24.3 Å². The molecule has 0 fully saturated rings. The molecule has 0 amide bonds. The monoisotopic (exact) mass is 423 g/mol. The van der Waals surface area contributed by atoms with Crippen LogP contribution < -0.4 is 0 Å². The lowest BCUT2D eigenvalue weighted by atomic mass is 9.96. The number of ketones is 1. The molecule has 0 N–H and O–H groups in total. The van der Waals surface area contributed by atoms with Crippen LogP contribution in [0.25, 0.3) is 10.2 Å². The number of thiazole rings is 1. The van der Waals surface area contributed by atoms with Gasteiger partial charge >= 0.3 is 6.18 Å². The summed E-state index contributed by atoms with van der Waals surface area (Å²) >= 11 is 7.39. The number of hydrogen-bond acceptors (Lipinski definition) is 5. The van der Waals surface area contributed by atoms with Crippen LogP contribution in [0.5, 0.6) is 0 Å². The van der Waals surface area contributed by atoms with Gasteiger partial charge in [0.25, 0.3) is 0 Å². The van der Waals surface area contributed by atoms with Gasteiger partial charge in [-0.1, -0.05) is 23.7 Å². The van der Waals surface area contributed by atoms with Crippen molar-refractivity contribution >= 4 is 38.9 Å². The van der Waals surface area contributed by atoms with Gasteiger partial charge in [-0.05, 0) is 31.0 Å². The molecule has 0 radical (unpaired) electrons. The predicted molar refractivity (Wildman–Crippen MR) is 100 cm³/mol. The standard InChI is InChI=1S/C19H13ClF3N3OS/c20-13-8-11(19(21,22)23)10-25-18(13)12(9-24)15(27)5-3-7-17-26-14-4-1-2-6-16(14)28-17/h1-2,4,6,8,10,12H,3,5,7H2. The van der Waals surface area contributed by atoms with E-state index in [4.69, 9.17) is 11.6 Å². The summed E-state index contributed by atoms with van der Waals surface area (Å²) < 4.78 is 39.2. The van der Waals surface area contributed by atoms with Crippen molar-refractivity contribution in [1.29, 1.82) is 5.26 Å². The summed E-state index contributed by atoms with van der Waals surface area (Å²) in [5, 5.41) is 9.85. The van der Waals surface area contributed by atoms with Crippen LogP contribution in [0.1, 0.15) is 35.0 Å². The zero-order chi connectivity index (χ0) is 20.3. The maximum absolute atomic E-state index is 12.7. The summed E-state index contributed by atoms with van der Waals surface area (Å²) in [7, 11) is 0. The molecule has 0 aliphatic carbocycles. The van der Waals surface area contributed by atoms with Gasteiger partial charge in [-0.25, -0.2) is 4.98 Å². The molecular formula is C19H13ClF3N3OS. The van der Waals surface area contributed by atoms with Crippen molar-refractivity contribution in [3.63, 3.8) is 0 Å². The number of fused-ring (bicyclic) bond motifs is 1. The van der Waals surface area contributed by atoms with Crippen LogP contribution in [-0.4, -0.2) is 15.8 Å². The SMILES string of the molecule is N#CC(C(=O)CCCc1nc2ccccc2s1)c1ncc(C(F)(F)F)cc1Cl. The second-order valence-corrected chi connectivity index (χ2v) is 7.57. The summed E-state index contributed by atoms with van der Waals surface area (Å²) in [6, 6.07) is 10.2. The van der Waals surface area contributed by atoms with Crippen molar-refractivity contribution in [1.82, 2.24) is 9.97 Å². The highest BCUT2D eigenvalue weighted by Crippen LogP contribution is 2.33. The Kier molecular flexibility index (Phi) is 5.96. The Bertz CT molecular complexity index is 1030. The van der Waals surface area contributed by atoms with Gasteiger partial charge in [0.2, 0.25) is 0 Å². The van der Waals surface area contributed by atoms with Gasteiger partial charge in [0.1, 0.15) is 5.92 Å². The second kappa shape index (κ2) is 8.25. The van der Waals surface area contributed by atoms with Gasteiger partial charge in [0.05, 0.1) is 37.6 Å². The molecule has 0 bridgehead atoms. The maximum Gasteiger partial charge on any atom is 0.417 e. The third kappa shape index (κ3) is 4.49. The Morgan fingerprint density at radius 3 is 2.71 bits per heavy atom. The molecule has 0 aliphatic rings. The van der Waals surface area contributed by atoms with Crippen molar-refractivity contribution in [2.24, 2.45) is 0 Å². The largest absolute Gasteiger partial charge is 0.417 e. The average molecular weight is 424 g/mol. The lowest BCUT2D eigenvalue weighted by molar-refractivity contribution is -0.137. The van der Waals surface area contributed by atoms with E-state index >= 15 is 0 Å². The van der Waals surface area contributed by atoms with E-state index in [-0.39, 0.29) is 17.1 Å². The number of nitrogens with zero attached hydrogens (tertiary/aromatic N) is 3. The van der Waals surface area contributed by atoms with Crippen LogP contribution in [0.15, 0.2) is 36.5 Å². The molecule has 9 heteroatoms. The fourth-order valence-electron chi connectivity index (χ4n) is 2.69. The number of benzene rings is 1. The van der Waals surface area contributed by atoms with E-state index in [0.717, 1.165) is 15.2 Å². The van der Waals surface area contributed by atoms with E-state index < -0.39 is 23.4 Å². The first-order valence-electron chi connectivity index (χ1n) is 8.29. The van der Waals surface area contributed by atoms with E-state index in [0.29, 0.717) is 25.1 Å². The third-order valence-corrected chi connectivity index (χ3v) is 5.47. The Balaban J connectivity index is 1.66. The molecule has 2 aromatic heterocycles. The minimum absolute atomic E-state index is 0.0766. The minimum atomic E-state index is -4.60. The quantitative estimate of drug-likeness (QED) is 0.520. The van der Waals surface area contributed by atoms with Crippen molar-refractivity contribution in [3.05, 3.63) is 57.8 Å². The maximum atomic E-state index is 12.7. The Hall–Kier alpha value is -2.50. The first-order chi connectivity index (χ1) is 13.3. The molecule has 144 valence electrons. The molecule has 0 aliphatic heterocycles. The van der Waals surface area contributed by atoms with Crippen molar-refractivity contribution in [2.45, 2.75) is 31.4 Å². The number of rotatable bonds is 6. The minimum Gasteiger partial charge on any atom is -0.298 e. The summed E-state index contributed by atoms with van der Waals surface area (Å²) in [6.45, 7) is 0. The third-order valence-electron chi connectivity index (χ3n) is 4.07. The lowest BCUT2D eigenvalue weighted by Gasteiger charge is -2.12. The van der Waals surface area contributed by atoms with Crippen LogP contribution in [0.2, 0.25) is 5.02 Å². The van der Waals surface area contributed by atoms with Gasteiger partial charge in [0, 0.05) is 12.6 Å². The fourth-order valence-corrected chi connectivity index (χ4v) is 3.97. The molecule has 1 atom stereocenters. The van der Waals surface area contributed by atoms with Crippen molar-refractivity contribution in [3.8, 4) is 6.07 Å². The fraction of sp³-hybridized carbons (Fsp3) is 0.263. The van der Waals surface area contributed by atoms with Crippen LogP contribution >= 0.6 is 22.9 Å². The molecule has 2 heterocycles. The Morgan fingerprint density at radius 1 is 1.32 bits per heavy atom. The number of halogens is 4. The Labute approximate surface area is 167 Å². The van der Waals surface area contributed by atoms with Crippen LogP contribution in [0.4, 0.5) is 13.2 Å². The number of carbonyl (C=O) groups is 1. The number of nitriles is 1. The van der Waals surface area contributed by atoms with Gasteiger partial charge in [-0.2, -0.15) is 18.4 Å². The Morgan fingerprint density at radius 2 is 2.07 bits per heavy atom. The van der Waals surface area contributed by atoms with Gasteiger partial charge in [-0.15, -0.1) is 11.3 Å². The molecule has 4 nitrogen and oxygen atoms in total. The smallest absolute Gasteiger partial charge is 0.298 e. The molecule has 1 aromatic carbocycles. The van der Waals surface area contributed by atoms with Crippen molar-refractivity contribution < 1.29 is 18.0 Å². The number of Topliss-reactive ketones (excluding diaryl/α,β-unsaturated/α-hetero) is 1. The number of para-hydroxylation sites is 1. The highest BCUT2D eigenvalue weighted by Gasteiger charge is 2.33. The number of alkyl halides is 3. The number of carbonyl (C=O) groups excluding carboxylic acids is 1. The molecule has 1 unspecified atom stereocenters. The molecule has 3 aromatic rings. The summed E-state index contributed by atoms with van der Waals surface area (Å²) in [5.74, 6) is -1.73. The molecule has 0 spiro atoms. The number of pyridine rings is 1. The van der Waals surface area contributed by atoms with E-state index in [9.17, 15) is 23.2 Å². The zero-order valence-corrected chi connectivity index (χ0v) is 15.9.